The van der Waals surface area contributed by atoms with Crippen LogP contribution in [0.15, 0.2) is 22.7 Å². The van der Waals surface area contributed by atoms with Gasteiger partial charge in [0.05, 0.1) is 12.1 Å². The highest BCUT2D eigenvalue weighted by Gasteiger charge is 2.07. The molecule has 0 aromatic heterocycles. The molecule has 0 atom stereocenters. The van der Waals surface area contributed by atoms with Crippen molar-refractivity contribution in [1.82, 2.24) is 0 Å². The van der Waals surface area contributed by atoms with Crippen molar-refractivity contribution in [2.24, 2.45) is 5.73 Å². The first-order chi connectivity index (χ1) is 7.04. The minimum absolute atomic E-state index is 0.469. The Hall–Kier alpha value is -1.00. The second kappa shape index (κ2) is 5.19. The number of halogens is 2. The maximum absolute atomic E-state index is 10.6. The van der Waals surface area contributed by atoms with E-state index in [1.54, 1.807) is 18.2 Å². The van der Waals surface area contributed by atoms with Crippen LogP contribution < -0.4 is 10.5 Å². The number of benzene rings is 1. The predicted molar refractivity (Wildman–Crippen MR) is 63.9 cm³/mol. The third kappa shape index (κ3) is 3.25. The van der Waals surface area contributed by atoms with Crippen molar-refractivity contribution in [2.45, 2.75) is 0 Å². The number of hydrogen-bond acceptors (Lipinski definition) is 2. The number of carbonyl (C=O) groups excluding carboxylic acids is 1. The quantitative estimate of drug-likeness (QED) is 0.870. The largest absolute Gasteiger partial charge is 0.495 e. The molecule has 1 rings (SSSR count). The highest BCUT2D eigenvalue weighted by atomic mass is 79.9. The molecule has 15 heavy (non-hydrogen) atoms. The summed E-state index contributed by atoms with van der Waals surface area (Å²) in [5.74, 6) is -0.00878. The van der Waals surface area contributed by atoms with Crippen LogP contribution in [0.5, 0.6) is 5.75 Å². The Kier molecular flexibility index (Phi) is 4.17. The summed E-state index contributed by atoms with van der Waals surface area (Å²) in [7, 11) is 1.51. The van der Waals surface area contributed by atoms with Crippen molar-refractivity contribution in [3.8, 4) is 5.75 Å². The number of rotatable bonds is 3. The van der Waals surface area contributed by atoms with E-state index in [0.29, 0.717) is 16.3 Å². The number of hydrogen-bond donors (Lipinski definition) is 1. The van der Waals surface area contributed by atoms with Gasteiger partial charge in [0.15, 0.2) is 0 Å². The van der Waals surface area contributed by atoms with Gasteiger partial charge in [-0.25, -0.2) is 0 Å². The second-order valence-corrected chi connectivity index (χ2v) is 4.07. The molecule has 0 bridgehead atoms. The smallest absolute Gasteiger partial charge is 0.241 e. The highest BCUT2D eigenvalue weighted by Crippen LogP contribution is 2.32. The molecule has 0 aliphatic rings. The Labute approximate surface area is 101 Å². The van der Waals surface area contributed by atoms with Gasteiger partial charge in [-0.15, -0.1) is 0 Å². The summed E-state index contributed by atoms with van der Waals surface area (Å²) >= 11 is 9.24. The van der Waals surface area contributed by atoms with Crippen LogP contribution in [0.1, 0.15) is 5.56 Å². The zero-order chi connectivity index (χ0) is 11.4. The molecule has 0 heterocycles. The number of amides is 1. The number of carbonyl (C=O) groups is 1. The average molecular weight is 291 g/mol. The maximum atomic E-state index is 10.6. The molecule has 0 fully saturated rings. The molecule has 0 aliphatic carbocycles. The fourth-order valence-electron chi connectivity index (χ4n) is 1.09. The minimum Gasteiger partial charge on any atom is -0.495 e. The lowest BCUT2D eigenvalue weighted by atomic mass is 10.2. The molecule has 5 heteroatoms. The van der Waals surface area contributed by atoms with Crippen LogP contribution in [-0.2, 0) is 4.79 Å². The summed E-state index contributed by atoms with van der Waals surface area (Å²) < 4.78 is 5.91. The van der Waals surface area contributed by atoms with Crippen LogP contribution in [0.4, 0.5) is 0 Å². The van der Waals surface area contributed by atoms with Gasteiger partial charge in [0, 0.05) is 16.1 Å². The summed E-state index contributed by atoms with van der Waals surface area (Å²) in [6.07, 6.45) is 2.80. The van der Waals surface area contributed by atoms with E-state index in [0.717, 1.165) is 4.47 Å². The van der Waals surface area contributed by atoms with E-state index in [1.165, 1.54) is 13.2 Å². The third-order valence-electron chi connectivity index (χ3n) is 1.67. The SMILES string of the molecule is COc1c(Cl)cc(Br)cc1/C=C/C(N)=O. The summed E-state index contributed by atoms with van der Waals surface area (Å²) in [5, 5.41) is 0.469. The molecule has 1 aromatic rings. The maximum Gasteiger partial charge on any atom is 0.241 e. The van der Waals surface area contributed by atoms with E-state index >= 15 is 0 Å². The van der Waals surface area contributed by atoms with Crippen LogP contribution in [0.3, 0.4) is 0 Å². The molecule has 2 N–H and O–H groups in total. The topological polar surface area (TPSA) is 52.3 Å². The first kappa shape index (κ1) is 12.1. The molecular formula is C10H9BrClNO2. The molecule has 0 radical (unpaired) electrons. The number of primary amides is 1. The van der Waals surface area contributed by atoms with E-state index in [2.05, 4.69) is 15.9 Å². The normalized spacial score (nSPS) is 10.6. The average Bonchev–Trinajstić information content (AvgIpc) is 2.13. The lowest BCUT2D eigenvalue weighted by Gasteiger charge is -2.07. The molecule has 80 valence electrons. The summed E-state index contributed by atoms with van der Waals surface area (Å²) in [6, 6.07) is 3.49. The van der Waals surface area contributed by atoms with Gasteiger partial charge in [0.1, 0.15) is 5.75 Å². The Morgan fingerprint density at radius 2 is 2.27 bits per heavy atom. The van der Waals surface area contributed by atoms with Crippen LogP contribution in [0.2, 0.25) is 5.02 Å². The molecule has 0 spiro atoms. The van der Waals surface area contributed by atoms with E-state index < -0.39 is 5.91 Å². The highest BCUT2D eigenvalue weighted by molar-refractivity contribution is 9.10. The van der Waals surface area contributed by atoms with Crippen molar-refractivity contribution in [3.05, 3.63) is 33.3 Å². The Bertz CT molecular complexity index is 418. The molecular weight excluding hydrogens is 281 g/mol. The molecule has 0 aliphatic heterocycles. The van der Waals surface area contributed by atoms with Gasteiger partial charge in [-0.1, -0.05) is 27.5 Å². The summed E-state index contributed by atoms with van der Waals surface area (Å²) in [4.78, 5) is 10.6. The zero-order valence-electron chi connectivity index (χ0n) is 7.96. The Morgan fingerprint density at radius 1 is 1.60 bits per heavy atom. The zero-order valence-corrected chi connectivity index (χ0v) is 10.3. The first-order valence-corrected chi connectivity index (χ1v) is 5.22. The van der Waals surface area contributed by atoms with Crippen molar-refractivity contribution in [2.75, 3.05) is 7.11 Å². The van der Waals surface area contributed by atoms with Gasteiger partial charge in [0.25, 0.3) is 0 Å². The molecule has 1 amide bonds. The lowest BCUT2D eigenvalue weighted by Crippen LogP contribution is -2.05. The van der Waals surface area contributed by atoms with Crippen LogP contribution in [-0.4, -0.2) is 13.0 Å². The monoisotopic (exact) mass is 289 g/mol. The van der Waals surface area contributed by atoms with E-state index in [4.69, 9.17) is 22.1 Å². The number of ether oxygens (including phenoxy) is 1. The first-order valence-electron chi connectivity index (χ1n) is 4.05. The van der Waals surface area contributed by atoms with Gasteiger partial charge < -0.3 is 10.5 Å². The molecule has 0 saturated heterocycles. The van der Waals surface area contributed by atoms with Crippen molar-refractivity contribution < 1.29 is 9.53 Å². The van der Waals surface area contributed by atoms with Crippen molar-refractivity contribution in [1.29, 1.82) is 0 Å². The van der Waals surface area contributed by atoms with E-state index in [1.807, 2.05) is 0 Å². The lowest BCUT2D eigenvalue weighted by molar-refractivity contribution is -0.113. The fraction of sp³-hybridized carbons (Fsp3) is 0.100. The van der Waals surface area contributed by atoms with Gasteiger partial charge in [-0.2, -0.15) is 0 Å². The fourth-order valence-corrected chi connectivity index (χ4v) is 2.00. The predicted octanol–water partition coefficient (Wildman–Crippen LogP) is 2.61. The van der Waals surface area contributed by atoms with Gasteiger partial charge in [-0.3, -0.25) is 4.79 Å². The van der Waals surface area contributed by atoms with Gasteiger partial charge >= 0.3 is 0 Å². The number of methoxy groups -OCH3 is 1. The molecule has 0 saturated carbocycles. The number of nitrogens with two attached hydrogens (primary N) is 1. The molecule has 0 unspecified atom stereocenters. The Morgan fingerprint density at radius 3 is 2.80 bits per heavy atom. The molecule has 1 aromatic carbocycles. The van der Waals surface area contributed by atoms with Gasteiger partial charge in [0.2, 0.25) is 5.91 Å². The van der Waals surface area contributed by atoms with Crippen LogP contribution in [0, 0.1) is 0 Å². The van der Waals surface area contributed by atoms with Crippen molar-refractivity contribution in [3.63, 3.8) is 0 Å². The van der Waals surface area contributed by atoms with E-state index in [9.17, 15) is 4.79 Å². The Balaban J connectivity index is 3.20. The third-order valence-corrected chi connectivity index (χ3v) is 2.41. The second-order valence-electron chi connectivity index (χ2n) is 2.75. The van der Waals surface area contributed by atoms with Crippen LogP contribution in [0.25, 0.3) is 6.08 Å². The van der Waals surface area contributed by atoms with Crippen LogP contribution >= 0.6 is 27.5 Å². The van der Waals surface area contributed by atoms with Gasteiger partial charge in [-0.05, 0) is 18.2 Å². The minimum atomic E-state index is -0.520. The summed E-state index contributed by atoms with van der Waals surface area (Å²) in [5.41, 5.74) is 5.69. The molecule has 3 nitrogen and oxygen atoms in total. The van der Waals surface area contributed by atoms with Crippen molar-refractivity contribution >= 4 is 39.5 Å². The van der Waals surface area contributed by atoms with E-state index in [-0.39, 0.29) is 0 Å². The summed E-state index contributed by atoms with van der Waals surface area (Å²) in [6.45, 7) is 0. The standard InChI is InChI=1S/C10H9BrClNO2/c1-15-10-6(2-3-9(13)14)4-7(11)5-8(10)12/h2-5H,1H3,(H2,13,14)/b3-2+.